The Morgan fingerprint density at radius 1 is 0.763 bits per heavy atom. The van der Waals surface area contributed by atoms with E-state index in [0.717, 1.165) is 91.9 Å². The first-order valence-corrected chi connectivity index (χ1v) is 12.9. The van der Waals surface area contributed by atoms with E-state index in [1.165, 1.54) is 0 Å². The number of aromatic amines is 2. The number of benzene rings is 2. The standard InChI is InChI=1S/C30H30N4O4/c1-35-20-12-6-9-17-25-23(38-4)15-34-18(28(25)32-26(17)20)10-7-11-19(34)29-30-24(22(37-3)14-31-29)16-8-5-13-21(36-2)27(16)33-30/h5-6,8-9,12-15,18-19,32-33H,7,10-11H2,1-4H3/t18?,19-/m0/s1. The van der Waals surface area contributed by atoms with Crippen LogP contribution in [0.1, 0.15) is 48.3 Å². The normalized spacial score (nSPS) is 18.8. The molecule has 8 nitrogen and oxygen atoms in total. The molecule has 0 radical (unpaired) electrons. The van der Waals surface area contributed by atoms with E-state index >= 15 is 0 Å². The van der Waals surface area contributed by atoms with Gasteiger partial charge in [0.25, 0.3) is 0 Å². The van der Waals surface area contributed by atoms with Crippen LogP contribution in [-0.4, -0.2) is 48.3 Å². The highest BCUT2D eigenvalue weighted by atomic mass is 16.5. The van der Waals surface area contributed by atoms with Gasteiger partial charge in [-0.3, -0.25) is 4.98 Å². The van der Waals surface area contributed by atoms with Crippen molar-refractivity contribution in [3.8, 4) is 17.2 Å². The van der Waals surface area contributed by atoms with Crippen molar-refractivity contribution < 1.29 is 18.9 Å². The lowest BCUT2D eigenvalue weighted by molar-refractivity contribution is 0.128. The van der Waals surface area contributed by atoms with E-state index in [1.54, 1.807) is 28.4 Å². The summed E-state index contributed by atoms with van der Waals surface area (Å²) in [5, 5.41) is 3.20. The minimum atomic E-state index is 0.0489. The molecule has 8 heteroatoms. The number of aromatic nitrogens is 3. The van der Waals surface area contributed by atoms with Crippen LogP contribution in [0, 0.1) is 0 Å². The maximum Gasteiger partial charge on any atom is 0.147 e. The average molecular weight is 511 g/mol. The fraction of sp³-hybridized carbons (Fsp3) is 0.300. The number of hydrogen-bond acceptors (Lipinski definition) is 6. The average Bonchev–Trinajstić information content (AvgIpc) is 3.56. The first-order valence-electron chi connectivity index (χ1n) is 12.9. The second-order valence-corrected chi connectivity index (χ2v) is 9.87. The number of rotatable bonds is 5. The molecule has 2 aromatic carbocycles. The van der Waals surface area contributed by atoms with Gasteiger partial charge in [0.15, 0.2) is 0 Å². The molecule has 7 rings (SSSR count). The quantitative estimate of drug-likeness (QED) is 0.283. The summed E-state index contributed by atoms with van der Waals surface area (Å²) in [5.41, 5.74) is 6.20. The van der Waals surface area contributed by atoms with Gasteiger partial charge >= 0.3 is 0 Å². The Labute approximate surface area is 220 Å². The summed E-state index contributed by atoms with van der Waals surface area (Å²) >= 11 is 0. The van der Waals surface area contributed by atoms with Gasteiger partial charge in [-0.05, 0) is 31.4 Å². The molecule has 0 aliphatic carbocycles. The smallest absolute Gasteiger partial charge is 0.147 e. The monoisotopic (exact) mass is 510 g/mol. The van der Waals surface area contributed by atoms with Crippen LogP contribution in [0.2, 0.25) is 0 Å². The van der Waals surface area contributed by atoms with Crippen molar-refractivity contribution >= 4 is 38.5 Å². The lowest BCUT2D eigenvalue weighted by Gasteiger charge is -2.44. The highest BCUT2D eigenvalue weighted by Gasteiger charge is 2.39. The van der Waals surface area contributed by atoms with Crippen molar-refractivity contribution in [1.82, 2.24) is 19.9 Å². The van der Waals surface area contributed by atoms with Crippen LogP contribution >= 0.6 is 0 Å². The minimum absolute atomic E-state index is 0.0489. The lowest BCUT2D eigenvalue weighted by atomic mass is 9.87. The Bertz CT molecular complexity index is 1730. The maximum atomic E-state index is 5.99. The number of nitrogens with one attached hydrogen (secondary N) is 2. The number of H-pyrrole nitrogens is 2. The molecule has 2 aliphatic rings. The van der Waals surface area contributed by atoms with Crippen LogP contribution in [-0.2, 0) is 4.74 Å². The van der Waals surface area contributed by atoms with Gasteiger partial charge < -0.3 is 33.8 Å². The van der Waals surface area contributed by atoms with Crippen LogP contribution in [0.5, 0.6) is 17.2 Å². The fourth-order valence-electron chi connectivity index (χ4n) is 6.50. The second kappa shape index (κ2) is 8.62. The highest BCUT2D eigenvalue weighted by molar-refractivity contribution is 6.12. The summed E-state index contributed by atoms with van der Waals surface area (Å²) < 4.78 is 23.1. The zero-order chi connectivity index (χ0) is 26.0. The van der Waals surface area contributed by atoms with Crippen molar-refractivity contribution in [2.75, 3.05) is 28.4 Å². The third-order valence-corrected chi connectivity index (χ3v) is 8.16. The van der Waals surface area contributed by atoms with E-state index in [-0.39, 0.29) is 12.1 Å². The predicted octanol–water partition coefficient (Wildman–Crippen LogP) is 6.45. The Hall–Kier alpha value is -4.33. The number of hydrogen-bond donors (Lipinski definition) is 2. The number of piperidine rings is 1. The summed E-state index contributed by atoms with van der Waals surface area (Å²) in [6.07, 6.45) is 7.10. The van der Waals surface area contributed by atoms with Crippen LogP contribution in [0.4, 0.5) is 0 Å². The van der Waals surface area contributed by atoms with Gasteiger partial charge in [0.1, 0.15) is 23.0 Å². The topological polar surface area (TPSA) is 84.6 Å². The summed E-state index contributed by atoms with van der Waals surface area (Å²) in [5.74, 6) is 3.21. The van der Waals surface area contributed by atoms with E-state index in [1.807, 2.05) is 30.5 Å². The number of ether oxygens (including phenoxy) is 4. The predicted molar refractivity (Wildman–Crippen MR) is 148 cm³/mol. The molecular formula is C30H30N4O4. The summed E-state index contributed by atoms with van der Waals surface area (Å²) in [4.78, 5) is 14.8. The maximum absolute atomic E-state index is 5.99. The van der Waals surface area contributed by atoms with Crippen LogP contribution < -0.4 is 14.2 Å². The third kappa shape index (κ3) is 3.06. The minimum Gasteiger partial charge on any atom is -0.495 e. The molecular weight excluding hydrogens is 480 g/mol. The molecule has 3 aromatic heterocycles. The number of pyridine rings is 1. The Balaban J connectivity index is 1.43. The molecule has 2 aliphatic heterocycles. The molecule has 0 saturated carbocycles. The molecule has 1 fully saturated rings. The van der Waals surface area contributed by atoms with E-state index in [0.29, 0.717) is 0 Å². The lowest BCUT2D eigenvalue weighted by Crippen LogP contribution is -2.36. The van der Waals surface area contributed by atoms with E-state index in [4.69, 9.17) is 23.9 Å². The Morgan fingerprint density at radius 3 is 2.16 bits per heavy atom. The second-order valence-electron chi connectivity index (χ2n) is 9.87. The Morgan fingerprint density at radius 2 is 1.45 bits per heavy atom. The molecule has 194 valence electrons. The van der Waals surface area contributed by atoms with Crippen molar-refractivity contribution in [3.63, 3.8) is 0 Å². The van der Waals surface area contributed by atoms with Gasteiger partial charge in [0.05, 0.1) is 74.3 Å². The number of fused-ring (bicyclic) bond motifs is 8. The molecule has 2 N–H and O–H groups in total. The molecule has 5 heterocycles. The van der Waals surface area contributed by atoms with Crippen molar-refractivity contribution in [2.24, 2.45) is 0 Å². The number of nitrogens with zero attached hydrogens (tertiary/aromatic N) is 2. The van der Waals surface area contributed by atoms with E-state index in [9.17, 15) is 0 Å². The van der Waals surface area contributed by atoms with Gasteiger partial charge in [0.2, 0.25) is 0 Å². The largest absolute Gasteiger partial charge is 0.495 e. The zero-order valence-corrected chi connectivity index (χ0v) is 21.9. The highest BCUT2D eigenvalue weighted by Crippen LogP contribution is 2.51. The summed E-state index contributed by atoms with van der Waals surface area (Å²) in [6, 6.07) is 12.4. The molecule has 0 bridgehead atoms. The summed E-state index contributed by atoms with van der Waals surface area (Å²) in [6.45, 7) is 0. The zero-order valence-electron chi connectivity index (χ0n) is 21.9. The van der Waals surface area contributed by atoms with E-state index < -0.39 is 0 Å². The molecule has 0 amide bonds. The molecule has 5 aromatic rings. The number of methoxy groups -OCH3 is 4. The molecule has 1 unspecified atom stereocenters. The van der Waals surface area contributed by atoms with Crippen molar-refractivity contribution in [1.29, 1.82) is 0 Å². The third-order valence-electron chi connectivity index (χ3n) is 8.16. The summed E-state index contributed by atoms with van der Waals surface area (Å²) in [7, 11) is 6.83. The molecule has 0 spiro atoms. The van der Waals surface area contributed by atoms with Gasteiger partial charge in [-0.25, -0.2) is 0 Å². The van der Waals surface area contributed by atoms with E-state index in [2.05, 4.69) is 33.2 Å². The van der Waals surface area contributed by atoms with Crippen LogP contribution in [0.3, 0.4) is 0 Å². The van der Waals surface area contributed by atoms with Crippen molar-refractivity contribution in [2.45, 2.75) is 31.3 Å². The van der Waals surface area contributed by atoms with Gasteiger partial charge in [-0.2, -0.15) is 0 Å². The molecule has 38 heavy (non-hydrogen) atoms. The first-order chi connectivity index (χ1) is 18.7. The molecule has 2 atom stereocenters. The van der Waals surface area contributed by atoms with Gasteiger partial charge in [-0.15, -0.1) is 0 Å². The van der Waals surface area contributed by atoms with Crippen LogP contribution in [0.25, 0.3) is 38.5 Å². The SMILES string of the molecule is COC1=CN2C(CCC[C@H]2c2ncc(OC)c3c2[nH]c2c(OC)cccc23)c2[nH]c3c(OC)cccc3c21. The first kappa shape index (κ1) is 22.8. The fourth-order valence-corrected chi connectivity index (χ4v) is 6.50. The van der Waals surface area contributed by atoms with Crippen molar-refractivity contribution in [3.05, 3.63) is 65.7 Å². The Kier molecular flexibility index (Phi) is 5.18. The molecule has 1 saturated heterocycles. The van der Waals surface area contributed by atoms with Gasteiger partial charge in [-0.1, -0.05) is 24.3 Å². The number of para-hydroxylation sites is 2. The van der Waals surface area contributed by atoms with Crippen LogP contribution in [0.15, 0.2) is 48.8 Å². The van der Waals surface area contributed by atoms with Gasteiger partial charge in [0, 0.05) is 28.2 Å².